The molecule has 3 nitrogen and oxygen atoms in total. The summed E-state index contributed by atoms with van der Waals surface area (Å²) >= 11 is 0. The van der Waals surface area contributed by atoms with Gasteiger partial charge >= 0.3 is 6.18 Å². The minimum Gasteiger partial charge on any atom is -0.396 e. The minimum atomic E-state index is -4.10. The highest BCUT2D eigenvalue weighted by molar-refractivity contribution is 4.82. The second-order valence-electron chi connectivity index (χ2n) is 6.00. The zero-order valence-electron chi connectivity index (χ0n) is 12.5. The lowest BCUT2D eigenvalue weighted by atomic mass is 9.83. The summed E-state index contributed by atoms with van der Waals surface area (Å²) in [6.07, 6.45) is -1.48. The lowest BCUT2D eigenvalue weighted by molar-refractivity contribution is -0.143. The Kier molecular flexibility index (Phi) is 6.75. The molecule has 1 unspecified atom stereocenters. The molecule has 20 heavy (non-hydrogen) atoms. The molecule has 0 aromatic heterocycles. The van der Waals surface area contributed by atoms with Crippen molar-refractivity contribution in [1.29, 1.82) is 0 Å². The SMILES string of the molecule is CCC(CC)(CO)CNCC1CCN(CC(F)(F)F)C1. The van der Waals surface area contributed by atoms with Crippen molar-refractivity contribution in [3.8, 4) is 0 Å². The van der Waals surface area contributed by atoms with Crippen molar-refractivity contribution in [2.24, 2.45) is 11.3 Å². The lowest BCUT2D eigenvalue weighted by Gasteiger charge is -2.30. The van der Waals surface area contributed by atoms with Crippen LogP contribution in [0.3, 0.4) is 0 Å². The number of halogens is 3. The van der Waals surface area contributed by atoms with Gasteiger partial charge in [-0.3, -0.25) is 4.90 Å². The maximum absolute atomic E-state index is 12.3. The molecule has 120 valence electrons. The van der Waals surface area contributed by atoms with E-state index in [1.54, 1.807) is 0 Å². The Labute approximate surface area is 119 Å². The standard InChI is InChI=1S/C14H27F3N2O/c1-3-13(4-2,11-20)9-18-7-12-5-6-19(8-12)10-14(15,16)17/h12,18,20H,3-11H2,1-2H3. The molecule has 0 saturated carbocycles. The number of likely N-dealkylation sites (tertiary alicyclic amines) is 1. The largest absolute Gasteiger partial charge is 0.401 e. The van der Waals surface area contributed by atoms with Crippen LogP contribution in [0.15, 0.2) is 0 Å². The Balaban J connectivity index is 2.27. The van der Waals surface area contributed by atoms with Gasteiger partial charge in [0.1, 0.15) is 0 Å². The number of nitrogens with zero attached hydrogens (tertiary/aromatic N) is 1. The van der Waals surface area contributed by atoms with Crippen molar-refractivity contribution in [3.05, 3.63) is 0 Å². The summed E-state index contributed by atoms with van der Waals surface area (Å²) in [5.74, 6) is 0.280. The Bertz CT molecular complexity index is 272. The maximum atomic E-state index is 12.3. The topological polar surface area (TPSA) is 35.5 Å². The third kappa shape index (κ3) is 5.58. The molecule has 0 amide bonds. The van der Waals surface area contributed by atoms with E-state index < -0.39 is 12.7 Å². The van der Waals surface area contributed by atoms with E-state index in [0.29, 0.717) is 13.1 Å². The monoisotopic (exact) mass is 296 g/mol. The molecule has 0 spiro atoms. The maximum Gasteiger partial charge on any atom is 0.401 e. The summed E-state index contributed by atoms with van der Waals surface area (Å²) in [6, 6.07) is 0. The molecule has 1 aliphatic rings. The number of hydrogen-bond donors (Lipinski definition) is 2. The Hall–Kier alpha value is -0.330. The smallest absolute Gasteiger partial charge is 0.396 e. The van der Waals surface area contributed by atoms with Crippen LogP contribution in [-0.4, -0.2) is 55.5 Å². The van der Waals surface area contributed by atoms with Gasteiger partial charge in [-0.25, -0.2) is 0 Å². The van der Waals surface area contributed by atoms with Gasteiger partial charge in [0.25, 0.3) is 0 Å². The van der Waals surface area contributed by atoms with Crippen molar-refractivity contribution in [3.63, 3.8) is 0 Å². The van der Waals surface area contributed by atoms with Crippen LogP contribution in [0.4, 0.5) is 13.2 Å². The quantitative estimate of drug-likeness (QED) is 0.721. The summed E-state index contributed by atoms with van der Waals surface area (Å²) in [7, 11) is 0. The van der Waals surface area contributed by atoms with E-state index in [1.807, 2.05) is 0 Å². The summed E-state index contributed by atoms with van der Waals surface area (Å²) in [5, 5.41) is 12.8. The highest BCUT2D eigenvalue weighted by Gasteiger charge is 2.34. The van der Waals surface area contributed by atoms with Crippen molar-refractivity contribution >= 4 is 0 Å². The Morgan fingerprint density at radius 1 is 1.25 bits per heavy atom. The number of aliphatic hydroxyl groups is 1. The predicted octanol–water partition coefficient (Wildman–Crippen LogP) is 2.26. The van der Waals surface area contributed by atoms with Crippen LogP contribution < -0.4 is 5.32 Å². The number of hydrogen-bond acceptors (Lipinski definition) is 3. The highest BCUT2D eigenvalue weighted by Crippen LogP contribution is 2.25. The number of nitrogens with one attached hydrogen (secondary N) is 1. The molecule has 1 fully saturated rings. The molecule has 2 N–H and O–H groups in total. The summed E-state index contributed by atoms with van der Waals surface area (Å²) < 4.78 is 36.9. The molecular formula is C14H27F3N2O. The molecule has 6 heteroatoms. The first kappa shape index (κ1) is 17.7. The van der Waals surface area contributed by atoms with Crippen LogP contribution in [0.25, 0.3) is 0 Å². The van der Waals surface area contributed by atoms with Gasteiger partial charge in [0.2, 0.25) is 0 Å². The lowest BCUT2D eigenvalue weighted by Crippen LogP contribution is -2.39. The van der Waals surface area contributed by atoms with Crippen LogP contribution >= 0.6 is 0 Å². The third-order valence-electron chi connectivity index (χ3n) is 4.54. The van der Waals surface area contributed by atoms with Gasteiger partial charge in [0.15, 0.2) is 0 Å². The molecule has 1 aliphatic heterocycles. The Morgan fingerprint density at radius 3 is 2.40 bits per heavy atom. The molecule has 0 aliphatic carbocycles. The van der Waals surface area contributed by atoms with Gasteiger partial charge < -0.3 is 10.4 Å². The van der Waals surface area contributed by atoms with E-state index in [-0.39, 0.29) is 17.9 Å². The molecule has 1 heterocycles. The fraction of sp³-hybridized carbons (Fsp3) is 1.00. The van der Waals surface area contributed by atoms with E-state index in [0.717, 1.165) is 32.4 Å². The first-order valence-electron chi connectivity index (χ1n) is 7.45. The fourth-order valence-electron chi connectivity index (χ4n) is 2.80. The zero-order valence-corrected chi connectivity index (χ0v) is 12.5. The van der Waals surface area contributed by atoms with Gasteiger partial charge in [-0.2, -0.15) is 13.2 Å². The van der Waals surface area contributed by atoms with E-state index in [9.17, 15) is 18.3 Å². The van der Waals surface area contributed by atoms with Gasteiger partial charge in [0, 0.05) is 25.1 Å². The van der Waals surface area contributed by atoms with Crippen LogP contribution in [-0.2, 0) is 0 Å². The average molecular weight is 296 g/mol. The Morgan fingerprint density at radius 2 is 1.90 bits per heavy atom. The summed E-state index contributed by atoms with van der Waals surface area (Å²) in [5.41, 5.74) is -0.0930. The molecule has 0 aromatic carbocycles. The predicted molar refractivity (Wildman–Crippen MR) is 73.6 cm³/mol. The first-order chi connectivity index (χ1) is 9.34. The normalized spacial score (nSPS) is 21.6. The van der Waals surface area contributed by atoms with Crippen molar-refractivity contribution < 1.29 is 18.3 Å². The second-order valence-corrected chi connectivity index (χ2v) is 6.00. The minimum absolute atomic E-state index is 0.0930. The molecule has 0 bridgehead atoms. The molecular weight excluding hydrogens is 269 g/mol. The zero-order chi connectivity index (χ0) is 15.2. The van der Waals surface area contributed by atoms with Crippen molar-refractivity contribution in [2.45, 2.75) is 39.3 Å². The van der Waals surface area contributed by atoms with E-state index in [1.165, 1.54) is 4.90 Å². The van der Waals surface area contributed by atoms with Crippen LogP contribution in [0.1, 0.15) is 33.1 Å². The van der Waals surface area contributed by atoms with Crippen molar-refractivity contribution in [2.75, 3.05) is 39.3 Å². The second kappa shape index (κ2) is 7.61. The summed E-state index contributed by atoms with van der Waals surface area (Å²) in [6.45, 7) is 5.97. The first-order valence-corrected chi connectivity index (χ1v) is 7.45. The van der Waals surface area contributed by atoms with Gasteiger partial charge in [-0.1, -0.05) is 13.8 Å². The molecule has 1 atom stereocenters. The number of alkyl halides is 3. The molecule has 1 rings (SSSR count). The fourth-order valence-corrected chi connectivity index (χ4v) is 2.80. The van der Waals surface area contributed by atoms with Crippen LogP contribution in [0, 0.1) is 11.3 Å². The average Bonchev–Trinajstić information content (AvgIpc) is 2.80. The highest BCUT2D eigenvalue weighted by atomic mass is 19.4. The number of rotatable bonds is 8. The van der Waals surface area contributed by atoms with Crippen LogP contribution in [0.2, 0.25) is 0 Å². The van der Waals surface area contributed by atoms with Gasteiger partial charge in [0.05, 0.1) is 6.54 Å². The molecule has 0 radical (unpaired) electrons. The van der Waals surface area contributed by atoms with E-state index in [4.69, 9.17) is 0 Å². The summed E-state index contributed by atoms with van der Waals surface area (Å²) in [4.78, 5) is 1.48. The van der Waals surface area contributed by atoms with E-state index >= 15 is 0 Å². The molecule has 0 aromatic rings. The van der Waals surface area contributed by atoms with Crippen LogP contribution in [0.5, 0.6) is 0 Å². The van der Waals surface area contributed by atoms with E-state index in [2.05, 4.69) is 19.2 Å². The molecule has 1 saturated heterocycles. The van der Waals surface area contributed by atoms with Gasteiger partial charge in [-0.05, 0) is 38.3 Å². The van der Waals surface area contributed by atoms with Gasteiger partial charge in [-0.15, -0.1) is 0 Å². The van der Waals surface area contributed by atoms with Crippen molar-refractivity contribution in [1.82, 2.24) is 10.2 Å². The number of aliphatic hydroxyl groups excluding tert-OH is 1. The third-order valence-corrected chi connectivity index (χ3v) is 4.54.